The van der Waals surface area contributed by atoms with Crippen molar-refractivity contribution in [1.29, 1.82) is 0 Å². The second-order valence-corrected chi connectivity index (χ2v) is 8.04. The van der Waals surface area contributed by atoms with Gasteiger partial charge in [-0.3, -0.25) is 9.59 Å². The number of carbonyl (C=O) groups excluding carboxylic acids is 1. The molecule has 3 heterocycles. The van der Waals surface area contributed by atoms with Gasteiger partial charge in [0.1, 0.15) is 5.82 Å². The van der Waals surface area contributed by atoms with Crippen molar-refractivity contribution in [1.82, 2.24) is 24.3 Å². The molecule has 0 aromatic carbocycles. The van der Waals surface area contributed by atoms with E-state index in [1.165, 1.54) is 6.07 Å². The number of amides is 1. The molecule has 0 saturated carbocycles. The summed E-state index contributed by atoms with van der Waals surface area (Å²) in [6.07, 6.45) is 6.98. The third kappa shape index (κ3) is 4.52. The summed E-state index contributed by atoms with van der Waals surface area (Å²) in [4.78, 5) is 36.3. The van der Waals surface area contributed by atoms with Crippen LogP contribution < -0.4 is 5.56 Å². The van der Waals surface area contributed by atoms with Gasteiger partial charge in [-0.05, 0) is 59.3 Å². The van der Waals surface area contributed by atoms with Gasteiger partial charge >= 0.3 is 0 Å². The molecule has 3 rings (SSSR count). The van der Waals surface area contributed by atoms with Gasteiger partial charge in [0.15, 0.2) is 0 Å². The van der Waals surface area contributed by atoms with E-state index in [4.69, 9.17) is 0 Å². The number of likely N-dealkylation sites (tertiary alicyclic amines) is 1. The summed E-state index contributed by atoms with van der Waals surface area (Å²) in [7, 11) is 4.17. The maximum atomic E-state index is 13.2. The molecule has 1 aliphatic heterocycles. The molecule has 1 unspecified atom stereocenters. The van der Waals surface area contributed by atoms with Crippen molar-refractivity contribution in [2.75, 3.05) is 33.7 Å². The van der Waals surface area contributed by atoms with Crippen LogP contribution in [-0.4, -0.2) is 64.0 Å². The zero-order valence-electron chi connectivity index (χ0n) is 17.4. The fourth-order valence-corrected chi connectivity index (χ4v) is 4.13. The van der Waals surface area contributed by atoms with Crippen LogP contribution in [0, 0.1) is 13.8 Å². The van der Waals surface area contributed by atoms with Crippen molar-refractivity contribution in [3.63, 3.8) is 0 Å². The Morgan fingerprint density at radius 1 is 1.36 bits per heavy atom. The highest BCUT2D eigenvalue weighted by molar-refractivity contribution is 5.96. The Balaban J connectivity index is 1.74. The molecule has 7 heteroatoms. The second-order valence-electron chi connectivity index (χ2n) is 8.04. The van der Waals surface area contributed by atoms with Crippen LogP contribution in [0.3, 0.4) is 0 Å². The number of hydrogen-bond acceptors (Lipinski definition) is 4. The normalized spacial score (nSPS) is 17.3. The monoisotopic (exact) mass is 385 g/mol. The van der Waals surface area contributed by atoms with E-state index in [2.05, 4.69) is 33.5 Å². The Morgan fingerprint density at radius 3 is 2.86 bits per heavy atom. The van der Waals surface area contributed by atoms with Crippen LogP contribution in [0.1, 0.15) is 52.6 Å². The van der Waals surface area contributed by atoms with E-state index < -0.39 is 0 Å². The first-order chi connectivity index (χ1) is 13.4. The highest BCUT2D eigenvalue weighted by atomic mass is 16.2. The van der Waals surface area contributed by atoms with Crippen molar-refractivity contribution < 1.29 is 4.79 Å². The van der Waals surface area contributed by atoms with Crippen molar-refractivity contribution in [2.45, 2.75) is 45.6 Å². The number of H-pyrrole nitrogens is 1. The number of aromatic amines is 1. The molecule has 1 saturated heterocycles. The number of nitrogens with one attached hydrogen (secondary N) is 1. The third-order valence-corrected chi connectivity index (χ3v) is 5.47. The fraction of sp³-hybridized carbons (Fsp3) is 0.571. The quantitative estimate of drug-likeness (QED) is 0.827. The number of nitrogens with zero attached hydrogens (tertiary/aromatic N) is 4. The minimum absolute atomic E-state index is 0.00154. The zero-order chi connectivity index (χ0) is 20.3. The van der Waals surface area contributed by atoms with Gasteiger partial charge in [-0.1, -0.05) is 0 Å². The molecule has 0 radical (unpaired) electrons. The Morgan fingerprint density at radius 2 is 2.14 bits per heavy atom. The van der Waals surface area contributed by atoms with Crippen LogP contribution in [-0.2, 0) is 6.54 Å². The maximum absolute atomic E-state index is 13.2. The first-order valence-corrected chi connectivity index (χ1v) is 10.0. The summed E-state index contributed by atoms with van der Waals surface area (Å²) in [5, 5.41) is 0. The molecule has 28 heavy (non-hydrogen) atoms. The minimum Gasteiger partial charge on any atom is -0.338 e. The molecule has 1 aliphatic rings. The van der Waals surface area contributed by atoms with Crippen molar-refractivity contribution >= 4 is 5.91 Å². The van der Waals surface area contributed by atoms with Gasteiger partial charge in [-0.25, -0.2) is 4.98 Å². The molecule has 2 aromatic heterocycles. The van der Waals surface area contributed by atoms with Crippen LogP contribution >= 0.6 is 0 Å². The lowest BCUT2D eigenvalue weighted by atomic mass is 9.95. The van der Waals surface area contributed by atoms with E-state index in [1.54, 1.807) is 6.92 Å². The number of carbonyl (C=O) groups is 1. The lowest BCUT2D eigenvalue weighted by Crippen LogP contribution is -2.40. The fourth-order valence-electron chi connectivity index (χ4n) is 4.13. The first-order valence-electron chi connectivity index (χ1n) is 10.0. The smallest absolute Gasteiger partial charge is 0.255 e. The SMILES string of the molecule is Cc1cc(=O)[nH]c(C)c1C(=O)N1CCCC(c2nccn2CCCN(C)C)C1. The number of piperidine rings is 1. The van der Waals surface area contributed by atoms with E-state index in [9.17, 15) is 9.59 Å². The molecule has 0 bridgehead atoms. The van der Waals surface area contributed by atoms with E-state index in [1.807, 2.05) is 24.2 Å². The molecular formula is C21H31N5O2. The number of pyridine rings is 1. The highest BCUT2D eigenvalue weighted by Gasteiger charge is 2.29. The van der Waals surface area contributed by atoms with Gasteiger partial charge in [0.25, 0.3) is 5.91 Å². The molecule has 1 N–H and O–H groups in total. The van der Waals surface area contributed by atoms with Gasteiger partial charge in [0, 0.05) is 49.7 Å². The zero-order valence-corrected chi connectivity index (χ0v) is 17.4. The second kappa shape index (κ2) is 8.73. The van der Waals surface area contributed by atoms with Crippen LogP contribution in [0.5, 0.6) is 0 Å². The van der Waals surface area contributed by atoms with Crippen molar-refractivity contribution in [3.8, 4) is 0 Å². The number of aryl methyl sites for hydroxylation is 3. The minimum atomic E-state index is -0.164. The Labute approximate surface area is 166 Å². The van der Waals surface area contributed by atoms with E-state index >= 15 is 0 Å². The standard InChI is InChI=1S/C21H31N5O2/c1-15-13-18(27)23-16(2)19(15)21(28)26-10-5-7-17(14-26)20-22-8-12-25(20)11-6-9-24(3)4/h8,12-13,17H,5-7,9-11,14H2,1-4H3,(H,23,27). The van der Waals surface area contributed by atoms with Crippen LogP contribution in [0.25, 0.3) is 0 Å². The summed E-state index contributed by atoms with van der Waals surface area (Å²) in [5.74, 6) is 1.32. The van der Waals surface area contributed by atoms with Gasteiger partial charge in [-0.15, -0.1) is 0 Å². The average Bonchev–Trinajstić information content (AvgIpc) is 3.09. The lowest BCUT2D eigenvalue weighted by Gasteiger charge is -2.33. The molecule has 2 aromatic rings. The summed E-state index contributed by atoms with van der Waals surface area (Å²) in [5.41, 5.74) is 1.83. The number of aromatic nitrogens is 3. The van der Waals surface area contributed by atoms with Gasteiger partial charge < -0.3 is 19.4 Å². The van der Waals surface area contributed by atoms with Crippen molar-refractivity contribution in [3.05, 3.63) is 51.5 Å². The third-order valence-electron chi connectivity index (χ3n) is 5.47. The van der Waals surface area contributed by atoms with E-state index in [-0.39, 0.29) is 17.4 Å². The molecule has 0 aliphatic carbocycles. The van der Waals surface area contributed by atoms with Crippen LogP contribution in [0.2, 0.25) is 0 Å². The Hall–Kier alpha value is -2.41. The molecule has 1 amide bonds. The maximum Gasteiger partial charge on any atom is 0.255 e. The van der Waals surface area contributed by atoms with E-state index in [0.29, 0.717) is 17.8 Å². The van der Waals surface area contributed by atoms with Gasteiger partial charge in [-0.2, -0.15) is 0 Å². The summed E-state index contributed by atoms with van der Waals surface area (Å²) < 4.78 is 2.23. The summed E-state index contributed by atoms with van der Waals surface area (Å²) >= 11 is 0. The summed E-state index contributed by atoms with van der Waals surface area (Å²) in [6, 6.07) is 1.50. The number of hydrogen-bond donors (Lipinski definition) is 1. The Bertz CT molecular complexity index is 857. The van der Waals surface area contributed by atoms with Gasteiger partial charge in [0.05, 0.1) is 5.56 Å². The first kappa shape index (κ1) is 20.3. The summed E-state index contributed by atoms with van der Waals surface area (Å²) in [6.45, 7) is 7.01. The molecular weight excluding hydrogens is 354 g/mol. The largest absolute Gasteiger partial charge is 0.338 e. The molecule has 1 fully saturated rings. The van der Waals surface area contributed by atoms with E-state index in [0.717, 1.165) is 50.3 Å². The van der Waals surface area contributed by atoms with Crippen molar-refractivity contribution in [2.24, 2.45) is 0 Å². The lowest BCUT2D eigenvalue weighted by molar-refractivity contribution is 0.0701. The molecule has 1 atom stereocenters. The van der Waals surface area contributed by atoms with Gasteiger partial charge in [0.2, 0.25) is 5.56 Å². The molecule has 0 spiro atoms. The predicted molar refractivity (Wildman–Crippen MR) is 110 cm³/mol. The average molecular weight is 386 g/mol. The Kier molecular flexibility index (Phi) is 6.34. The topological polar surface area (TPSA) is 74.2 Å². The predicted octanol–water partition coefficient (Wildman–Crippen LogP) is 2.16. The van der Waals surface area contributed by atoms with Crippen LogP contribution in [0.15, 0.2) is 23.3 Å². The van der Waals surface area contributed by atoms with Crippen LogP contribution in [0.4, 0.5) is 0 Å². The molecule has 7 nitrogen and oxygen atoms in total. The molecule has 152 valence electrons. The number of imidazole rings is 1. The highest BCUT2D eigenvalue weighted by Crippen LogP contribution is 2.27. The number of rotatable bonds is 6.